The van der Waals surface area contributed by atoms with Crippen molar-refractivity contribution < 1.29 is 9.90 Å². The summed E-state index contributed by atoms with van der Waals surface area (Å²) in [5, 5.41) is 12.0. The number of nitrogens with one attached hydrogen (secondary N) is 1. The summed E-state index contributed by atoms with van der Waals surface area (Å²) in [6.07, 6.45) is 0.830. The molecule has 0 aromatic heterocycles. The van der Waals surface area contributed by atoms with E-state index in [-0.39, 0.29) is 6.61 Å². The molecule has 1 heterocycles. The topological polar surface area (TPSA) is 52.6 Å². The van der Waals surface area contributed by atoms with E-state index in [4.69, 9.17) is 5.11 Å². The Balaban J connectivity index is 2.28. The molecule has 74 valence electrons. The Labute approximate surface area is 82.2 Å². The summed E-state index contributed by atoms with van der Waals surface area (Å²) in [7, 11) is 0. The summed E-state index contributed by atoms with van der Waals surface area (Å²) in [6, 6.07) is 5.50. The first-order valence-corrected chi connectivity index (χ1v) is 4.54. The van der Waals surface area contributed by atoms with Crippen LogP contribution in [-0.4, -0.2) is 31.2 Å². The molecule has 4 nitrogen and oxygen atoms in total. The van der Waals surface area contributed by atoms with Crippen molar-refractivity contribution >= 4 is 17.7 Å². The molecule has 0 amide bonds. The van der Waals surface area contributed by atoms with Crippen molar-refractivity contribution in [1.82, 2.24) is 0 Å². The van der Waals surface area contributed by atoms with E-state index in [0.29, 0.717) is 18.8 Å². The molecular weight excluding hydrogens is 180 g/mol. The van der Waals surface area contributed by atoms with Gasteiger partial charge in [0.15, 0.2) is 0 Å². The van der Waals surface area contributed by atoms with Gasteiger partial charge in [0, 0.05) is 12.1 Å². The average Bonchev–Trinajstić information content (AvgIpc) is 2.61. The summed E-state index contributed by atoms with van der Waals surface area (Å²) >= 11 is 0. The van der Waals surface area contributed by atoms with Gasteiger partial charge in [0.2, 0.25) is 0 Å². The van der Waals surface area contributed by atoms with Gasteiger partial charge in [0.05, 0.1) is 24.7 Å². The number of β-amino-alcohol motifs (C(OH)–C–C–N with tert-alkyl or cyclic N) is 1. The first kappa shape index (κ1) is 9.02. The molecule has 0 atom stereocenters. The lowest BCUT2D eigenvalue weighted by atomic mass is 10.2. The summed E-state index contributed by atoms with van der Waals surface area (Å²) < 4.78 is 0. The van der Waals surface area contributed by atoms with Crippen LogP contribution in [0.15, 0.2) is 18.2 Å². The lowest BCUT2D eigenvalue weighted by Gasteiger charge is -2.15. The zero-order valence-corrected chi connectivity index (χ0v) is 7.73. The Morgan fingerprint density at radius 3 is 3.14 bits per heavy atom. The fourth-order valence-corrected chi connectivity index (χ4v) is 1.63. The number of aliphatic hydroxyl groups excluding tert-OH is 1. The van der Waals surface area contributed by atoms with Crippen LogP contribution in [0, 0.1) is 0 Å². The normalized spacial score (nSPS) is 13.6. The molecule has 1 aliphatic heterocycles. The van der Waals surface area contributed by atoms with Crippen LogP contribution >= 0.6 is 0 Å². The van der Waals surface area contributed by atoms with E-state index in [1.807, 2.05) is 17.0 Å². The van der Waals surface area contributed by atoms with Gasteiger partial charge in [-0.1, -0.05) is 0 Å². The van der Waals surface area contributed by atoms with E-state index in [1.54, 1.807) is 6.07 Å². The van der Waals surface area contributed by atoms with Crippen LogP contribution in [-0.2, 0) is 0 Å². The van der Waals surface area contributed by atoms with E-state index in [1.165, 1.54) is 0 Å². The highest BCUT2D eigenvalue weighted by molar-refractivity contribution is 5.83. The van der Waals surface area contributed by atoms with Gasteiger partial charge in [-0.15, -0.1) is 0 Å². The number of fused-ring (bicyclic) bond motifs is 1. The number of carbonyl (C=O) groups excluding carboxylic acids is 1. The van der Waals surface area contributed by atoms with Gasteiger partial charge in [0.1, 0.15) is 6.29 Å². The lowest BCUT2D eigenvalue weighted by molar-refractivity contribution is 0.112. The minimum Gasteiger partial charge on any atom is -0.395 e. The summed E-state index contributed by atoms with van der Waals surface area (Å²) in [6.45, 7) is 1.44. The molecule has 0 saturated carbocycles. The maximum atomic E-state index is 10.5. The van der Waals surface area contributed by atoms with Crippen molar-refractivity contribution in [2.24, 2.45) is 0 Å². The highest BCUT2D eigenvalue weighted by Crippen LogP contribution is 2.31. The third-order valence-corrected chi connectivity index (χ3v) is 2.33. The maximum Gasteiger partial charge on any atom is 0.150 e. The average molecular weight is 192 g/mol. The molecule has 0 spiro atoms. The fraction of sp³-hybridized carbons (Fsp3) is 0.300. The Bertz CT molecular complexity index is 352. The predicted molar refractivity (Wildman–Crippen MR) is 54.8 cm³/mol. The number of hydrogen-bond acceptors (Lipinski definition) is 4. The van der Waals surface area contributed by atoms with Gasteiger partial charge in [-0.3, -0.25) is 4.79 Å². The first-order chi connectivity index (χ1) is 6.85. The van der Waals surface area contributed by atoms with Gasteiger partial charge in [-0.2, -0.15) is 0 Å². The van der Waals surface area contributed by atoms with Crippen LogP contribution < -0.4 is 10.2 Å². The Kier molecular flexibility index (Phi) is 2.37. The largest absolute Gasteiger partial charge is 0.395 e. The van der Waals surface area contributed by atoms with Gasteiger partial charge in [-0.05, 0) is 18.2 Å². The van der Waals surface area contributed by atoms with Gasteiger partial charge < -0.3 is 15.3 Å². The number of rotatable bonds is 3. The van der Waals surface area contributed by atoms with Crippen LogP contribution in [0.5, 0.6) is 0 Å². The summed E-state index contributed by atoms with van der Waals surface area (Å²) in [5.41, 5.74) is 2.68. The predicted octanol–water partition coefficient (Wildman–Crippen LogP) is 0.681. The van der Waals surface area contributed by atoms with E-state index < -0.39 is 0 Å². The first-order valence-electron chi connectivity index (χ1n) is 4.54. The van der Waals surface area contributed by atoms with Crippen molar-refractivity contribution in [2.75, 3.05) is 30.0 Å². The third-order valence-electron chi connectivity index (χ3n) is 2.33. The summed E-state index contributed by atoms with van der Waals surface area (Å²) in [4.78, 5) is 12.6. The number of aliphatic hydroxyl groups is 1. The number of benzene rings is 1. The molecule has 4 heteroatoms. The fourth-order valence-electron chi connectivity index (χ4n) is 1.63. The van der Waals surface area contributed by atoms with Crippen molar-refractivity contribution in [3.05, 3.63) is 23.8 Å². The molecule has 0 fully saturated rings. The standard InChI is InChI=1S/C10H12N2O2/c13-4-3-12-7-11-9-5-8(6-14)1-2-10(9)12/h1-2,5-6,11,13H,3-4,7H2. The second-order valence-electron chi connectivity index (χ2n) is 3.22. The maximum absolute atomic E-state index is 10.5. The molecule has 2 N–H and O–H groups in total. The second kappa shape index (κ2) is 3.67. The van der Waals surface area contributed by atoms with Gasteiger partial charge in [0.25, 0.3) is 0 Å². The van der Waals surface area contributed by atoms with Crippen molar-refractivity contribution in [2.45, 2.75) is 0 Å². The molecule has 0 aliphatic carbocycles. The molecule has 1 aromatic rings. The van der Waals surface area contributed by atoms with Crippen LogP contribution in [0.2, 0.25) is 0 Å². The second-order valence-corrected chi connectivity index (χ2v) is 3.22. The number of anilines is 2. The van der Waals surface area contributed by atoms with E-state index in [2.05, 4.69) is 5.32 Å². The quantitative estimate of drug-likeness (QED) is 0.691. The molecule has 2 rings (SSSR count). The van der Waals surface area contributed by atoms with Gasteiger partial charge >= 0.3 is 0 Å². The highest BCUT2D eigenvalue weighted by Gasteiger charge is 2.17. The molecule has 1 aromatic carbocycles. The minimum absolute atomic E-state index is 0.135. The number of aldehydes is 1. The third kappa shape index (κ3) is 1.44. The number of hydrogen-bond donors (Lipinski definition) is 2. The number of nitrogens with zero attached hydrogens (tertiary/aromatic N) is 1. The van der Waals surface area contributed by atoms with Crippen molar-refractivity contribution in [3.63, 3.8) is 0 Å². The molecule has 0 unspecified atom stereocenters. The molecule has 1 aliphatic rings. The summed E-state index contributed by atoms with van der Waals surface area (Å²) in [5.74, 6) is 0. The zero-order chi connectivity index (χ0) is 9.97. The molecule has 0 bridgehead atoms. The molecular formula is C10H12N2O2. The lowest BCUT2D eigenvalue weighted by Crippen LogP contribution is -2.25. The Morgan fingerprint density at radius 1 is 1.57 bits per heavy atom. The van der Waals surface area contributed by atoms with Crippen LogP contribution in [0.4, 0.5) is 11.4 Å². The van der Waals surface area contributed by atoms with Crippen LogP contribution in [0.1, 0.15) is 10.4 Å². The van der Waals surface area contributed by atoms with Crippen LogP contribution in [0.3, 0.4) is 0 Å². The van der Waals surface area contributed by atoms with E-state index >= 15 is 0 Å². The Hall–Kier alpha value is -1.55. The molecule has 14 heavy (non-hydrogen) atoms. The number of carbonyl (C=O) groups is 1. The molecule has 0 saturated heterocycles. The van der Waals surface area contributed by atoms with E-state index in [0.717, 1.165) is 17.7 Å². The zero-order valence-electron chi connectivity index (χ0n) is 7.73. The minimum atomic E-state index is 0.135. The SMILES string of the molecule is O=Cc1ccc2c(c1)NCN2CCO. The smallest absolute Gasteiger partial charge is 0.150 e. The van der Waals surface area contributed by atoms with E-state index in [9.17, 15) is 4.79 Å². The highest BCUT2D eigenvalue weighted by atomic mass is 16.3. The van der Waals surface area contributed by atoms with Crippen molar-refractivity contribution in [3.8, 4) is 0 Å². The molecule has 0 radical (unpaired) electrons. The Morgan fingerprint density at radius 2 is 2.43 bits per heavy atom. The van der Waals surface area contributed by atoms with Crippen LogP contribution in [0.25, 0.3) is 0 Å². The van der Waals surface area contributed by atoms with Crippen molar-refractivity contribution in [1.29, 1.82) is 0 Å². The monoisotopic (exact) mass is 192 g/mol. The van der Waals surface area contributed by atoms with Gasteiger partial charge in [-0.25, -0.2) is 0 Å².